The summed E-state index contributed by atoms with van der Waals surface area (Å²) in [5.74, 6) is 4.65. The monoisotopic (exact) mass is 519 g/mol. The van der Waals surface area contributed by atoms with E-state index in [9.17, 15) is 4.79 Å². The number of benzene rings is 1. The van der Waals surface area contributed by atoms with Gasteiger partial charge in [-0.05, 0) is 55.0 Å². The summed E-state index contributed by atoms with van der Waals surface area (Å²) in [7, 11) is 3.82. The van der Waals surface area contributed by atoms with Crippen LogP contribution in [0.25, 0.3) is 11.0 Å². The Bertz CT molecular complexity index is 1310. The summed E-state index contributed by atoms with van der Waals surface area (Å²) < 4.78 is 7.31. The van der Waals surface area contributed by atoms with Crippen LogP contribution in [0.2, 0.25) is 16.6 Å². The summed E-state index contributed by atoms with van der Waals surface area (Å²) in [4.78, 5) is 24.1. The number of hydrogen-bond acceptors (Lipinski definition) is 6. The first-order valence-electron chi connectivity index (χ1n) is 13.0. The average molecular weight is 520 g/mol. The van der Waals surface area contributed by atoms with Gasteiger partial charge in [-0.2, -0.15) is 4.98 Å². The average Bonchev–Trinajstić information content (AvgIpc) is 2.82. The van der Waals surface area contributed by atoms with Crippen molar-refractivity contribution in [2.45, 2.75) is 58.2 Å². The second kappa shape index (κ2) is 11.9. The second-order valence-corrected chi connectivity index (χ2v) is 16.4. The number of pyridine rings is 1. The lowest BCUT2D eigenvalue weighted by Crippen LogP contribution is -2.43. The smallest absolute Gasteiger partial charge is 0.253 e. The van der Waals surface area contributed by atoms with Crippen molar-refractivity contribution in [3.05, 3.63) is 52.4 Å². The van der Waals surface area contributed by atoms with Gasteiger partial charge in [-0.3, -0.25) is 9.36 Å². The fourth-order valence-corrected chi connectivity index (χ4v) is 10.3. The van der Waals surface area contributed by atoms with E-state index < -0.39 is 8.07 Å². The first-order valence-corrected chi connectivity index (χ1v) is 15.2. The van der Waals surface area contributed by atoms with E-state index in [1.807, 2.05) is 38.4 Å². The number of ether oxygens (including phenoxy) is 1. The molecule has 0 amide bonds. The maximum Gasteiger partial charge on any atom is 0.253 e. The van der Waals surface area contributed by atoms with Crippen molar-refractivity contribution in [2.24, 2.45) is 7.05 Å². The van der Waals surface area contributed by atoms with Gasteiger partial charge in [0.25, 0.3) is 5.56 Å². The molecule has 1 aromatic carbocycles. The first-order chi connectivity index (χ1) is 17.5. The van der Waals surface area contributed by atoms with Gasteiger partial charge in [0.1, 0.15) is 26.1 Å². The Kier molecular flexibility index (Phi) is 9.16. The number of anilines is 2. The van der Waals surface area contributed by atoms with Crippen molar-refractivity contribution in [3.8, 4) is 17.2 Å². The van der Waals surface area contributed by atoms with Gasteiger partial charge in [0.2, 0.25) is 5.95 Å². The van der Waals surface area contributed by atoms with Crippen LogP contribution in [0.15, 0.2) is 41.3 Å². The Hall–Kier alpha value is -3.15. The number of likely N-dealkylation sites (N-methyl/N-ethyl adjacent to an activating group) is 1. The highest BCUT2D eigenvalue weighted by molar-refractivity contribution is 6.90. The molecule has 0 spiro atoms. The Labute approximate surface area is 222 Å². The zero-order chi connectivity index (χ0) is 27.3. The summed E-state index contributed by atoms with van der Waals surface area (Å²) in [5.41, 5.74) is 7.21. The quantitative estimate of drug-likeness (QED) is 0.294. The second-order valence-electron chi connectivity index (χ2n) is 10.8. The summed E-state index contributed by atoms with van der Waals surface area (Å²) in [6.07, 6.45) is 1.76. The van der Waals surface area contributed by atoms with Crippen LogP contribution in [0.3, 0.4) is 0 Å². The lowest BCUT2D eigenvalue weighted by molar-refractivity contribution is 0.261. The fourth-order valence-electron chi connectivity index (χ4n) is 5.10. The summed E-state index contributed by atoms with van der Waals surface area (Å²) in [5, 5.41) is 4.02. The van der Waals surface area contributed by atoms with Crippen molar-refractivity contribution >= 4 is 30.7 Å². The van der Waals surface area contributed by atoms with Crippen molar-refractivity contribution in [1.82, 2.24) is 19.4 Å². The molecule has 37 heavy (non-hydrogen) atoms. The third kappa shape index (κ3) is 6.41. The zero-order valence-corrected chi connectivity index (χ0v) is 24.7. The van der Waals surface area contributed by atoms with Crippen molar-refractivity contribution < 1.29 is 4.74 Å². The number of nitrogens with one attached hydrogen (secondary N) is 1. The standard InChI is InChI=1S/C29H41N5O2Si/c1-20(2)37(21(3)4,22(5)6)17-14-23-18-27(35)34(9)28-26(23)19-30-29(32-28)31-24-10-12-25(13-11-24)36-16-15-33(7)8/h10-13,18-22H,15-16H2,1-9H3,(H,30,31,32). The molecule has 0 aliphatic carbocycles. The van der Waals surface area contributed by atoms with Crippen LogP contribution < -0.4 is 15.6 Å². The highest BCUT2D eigenvalue weighted by Gasteiger charge is 2.41. The Morgan fingerprint density at radius 2 is 1.68 bits per heavy atom. The lowest BCUT2D eigenvalue weighted by atomic mass is 10.2. The van der Waals surface area contributed by atoms with Crippen molar-refractivity contribution in [1.29, 1.82) is 0 Å². The van der Waals surface area contributed by atoms with Gasteiger partial charge in [-0.25, -0.2) is 4.98 Å². The van der Waals surface area contributed by atoms with E-state index in [-0.39, 0.29) is 5.56 Å². The number of rotatable bonds is 9. The van der Waals surface area contributed by atoms with Gasteiger partial charge in [0, 0.05) is 37.1 Å². The predicted octanol–water partition coefficient (Wildman–Crippen LogP) is 5.58. The largest absolute Gasteiger partial charge is 0.492 e. The fraction of sp³-hybridized carbons (Fsp3) is 0.483. The highest BCUT2D eigenvalue weighted by Crippen LogP contribution is 2.40. The minimum absolute atomic E-state index is 0.133. The van der Waals surface area contributed by atoms with Gasteiger partial charge >= 0.3 is 0 Å². The Balaban J connectivity index is 1.94. The van der Waals surface area contributed by atoms with E-state index >= 15 is 0 Å². The minimum atomic E-state index is -1.95. The van der Waals surface area contributed by atoms with Crippen LogP contribution in [0.4, 0.5) is 11.6 Å². The van der Waals surface area contributed by atoms with Crippen LogP contribution in [0.1, 0.15) is 47.1 Å². The zero-order valence-electron chi connectivity index (χ0n) is 23.7. The molecule has 0 saturated heterocycles. The van der Waals surface area contributed by atoms with Crippen molar-refractivity contribution in [2.75, 3.05) is 32.6 Å². The maximum absolute atomic E-state index is 12.8. The van der Waals surface area contributed by atoms with Gasteiger partial charge < -0.3 is 15.0 Å². The summed E-state index contributed by atoms with van der Waals surface area (Å²) in [6, 6.07) is 9.29. The molecule has 198 valence electrons. The van der Waals surface area contributed by atoms with E-state index in [0.29, 0.717) is 40.4 Å². The SMILES string of the molecule is CC(C)[Si](C#Cc1cc(=O)n(C)c2nc(Nc3ccc(OCCN(C)C)cc3)ncc12)(C(C)C)C(C)C. The Morgan fingerprint density at radius 3 is 2.24 bits per heavy atom. The number of hydrogen-bond donors (Lipinski definition) is 1. The first kappa shape index (κ1) is 28.4. The van der Waals surface area contributed by atoms with Gasteiger partial charge in [0.15, 0.2) is 0 Å². The maximum atomic E-state index is 12.8. The minimum Gasteiger partial charge on any atom is -0.492 e. The van der Waals surface area contributed by atoms with Crippen LogP contribution in [0.5, 0.6) is 5.75 Å². The van der Waals surface area contributed by atoms with Crippen LogP contribution in [-0.4, -0.2) is 54.8 Å². The van der Waals surface area contributed by atoms with E-state index in [0.717, 1.165) is 23.4 Å². The molecule has 1 N–H and O–H groups in total. The van der Waals surface area contributed by atoms with Gasteiger partial charge in [0.05, 0.1) is 5.39 Å². The molecule has 0 aliphatic rings. The molecule has 0 bridgehead atoms. The molecular weight excluding hydrogens is 478 g/mol. The highest BCUT2D eigenvalue weighted by atomic mass is 28.3. The number of aromatic nitrogens is 3. The van der Waals surface area contributed by atoms with Crippen LogP contribution in [0, 0.1) is 11.5 Å². The number of nitrogens with zero attached hydrogens (tertiary/aromatic N) is 4. The molecule has 0 unspecified atom stereocenters. The topological polar surface area (TPSA) is 72.3 Å². The lowest BCUT2D eigenvalue weighted by Gasteiger charge is -2.38. The normalized spacial score (nSPS) is 11.9. The third-order valence-corrected chi connectivity index (χ3v) is 13.5. The molecule has 7 nitrogen and oxygen atoms in total. The van der Waals surface area contributed by atoms with E-state index in [1.54, 1.807) is 23.9 Å². The van der Waals surface area contributed by atoms with Crippen LogP contribution in [-0.2, 0) is 7.05 Å². The molecule has 8 heteroatoms. The molecule has 0 atom stereocenters. The molecular formula is C29H41N5O2Si. The van der Waals surface area contributed by atoms with E-state index in [2.05, 4.69) is 73.2 Å². The predicted molar refractivity (Wildman–Crippen MR) is 156 cm³/mol. The third-order valence-electron chi connectivity index (χ3n) is 7.17. The molecule has 0 fully saturated rings. The molecule has 0 radical (unpaired) electrons. The van der Waals surface area contributed by atoms with E-state index in [4.69, 9.17) is 4.74 Å². The molecule has 3 rings (SSSR count). The molecule has 3 aromatic rings. The van der Waals surface area contributed by atoms with Gasteiger partial charge in [-0.15, -0.1) is 5.54 Å². The Morgan fingerprint density at radius 1 is 1.05 bits per heavy atom. The molecule has 0 saturated carbocycles. The van der Waals surface area contributed by atoms with Crippen LogP contribution >= 0.6 is 0 Å². The molecule has 2 aromatic heterocycles. The van der Waals surface area contributed by atoms with Gasteiger partial charge in [-0.1, -0.05) is 47.5 Å². The van der Waals surface area contributed by atoms with Crippen molar-refractivity contribution in [3.63, 3.8) is 0 Å². The summed E-state index contributed by atoms with van der Waals surface area (Å²) >= 11 is 0. The summed E-state index contributed by atoms with van der Waals surface area (Å²) in [6.45, 7) is 15.2. The van der Waals surface area contributed by atoms with E-state index in [1.165, 1.54) is 0 Å². The molecule has 0 aliphatic heterocycles. The number of aryl methyl sites for hydroxylation is 1. The number of fused-ring (bicyclic) bond motifs is 1. The molecule has 2 heterocycles.